The van der Waals surface area contributed by atoms with Crippen LogP contribution in [0.2, 0.25) is 5.15 Å². The lowest BCUT2D eigenvalue weighted by Crippen LogP contribution is -2.15. The van der Waals surface area contributed by atoms with Crippen molar-refractivity contribution < 1.29 is 28.6 Å². The number of benzene rings is 2. The monoisotopic (exact) mass is 591 g/mol. The zero-order valence-electron chi connectivity index (χ0n) is 24.1. The van der Waals surface area contributed by atoms with Gasteiger partial charge in [0.1, 0.15) is 5.15 Å². The molecule has 1 saturated carbocycles. The van der Waals surface area contributed by atoms with Crippen LogP contribution < -0.4 is 0 Å². The molecule has 0 saturated heterocycles. The molecule has 0 aliphatic heterocycles. The van der Waals surface area contributed by atoms with Crippen LogP contribution in [0, 0.1) is 0 Å². The third kappa shape index (κ3) is 8.89. The maximum absolute atomic E-state index is 13.0. The summed E-state index contributed by atoms with van der Waals surface area (Å²) in [6.07, 6.45) is 8.05. The Hall–Kier alpha value is -3.71. The normalized spacial score (nSPS) is 12.5. The minimum Gasteiger partial charge on any atom is -0.465 e. The topological polar surface area (TPSA) is 91.8 Å². The summed E-state index contributed by atoms with van der Waals surface area (Å²) in [7, 11) is 1.40. The molecule has 42 heavy (non-hydrogen) atoms. The zero-order valence-corrected chi connectivity index (χ0v) is 24.9. The van der Waals surface area contributed by atoms with Crippen LogP contribution in [0.15, 0.2) is 60.7 Å². The van der Waals surface area contributed by atoms with E-state index < -0.39 is 0 Å². The standard InChI is InChI=1S/C34H38ClNO6/c1-40-34(39)30-28(19-11-5-13-23-42-33(38)26-16-8-3-9-17-26)36-31(35)27(29(30)24-20-21-24)18-10-4-12-22-41-32(37)25-14-6-2-7-15-25/h2-3,6-9,14-17,24H,4-5,10-13,18-23H2,1H3. The lowest BCUT2D eigenvalue weighted by Gasteiger charge is -2.18. The number of halogens is 1. The van der Waals surface area contributed by atoms with E-state index in [9.17, 15) is 14.4 Å². The van der Waals surface area contributed by atoms with Crippen LogP contribution in [0.1, 0.15) is 105 Å². The Kier molecular flexibility index (Phi) is 11.9. The van der Waals surface area contributed by atoms with Crippen molar-refractivity contribution in [3.8, 4) is 0 Å². The van der Waals surface area contributed by atoms with E-state index in [4.69, 9.17) is 25.8 Å². The second-order valence-corrected chi connectivity index (χ2v) is 10.9. The number of aryl methyl sites for hydroxylation is 1. The van der Waals surface area contributed by atoms with Gasteiger partial charge in [-0.1, -0.05) is 48.0 Å². The number of carbonyl (C=O) groups excluding carboxylic acids is 3. The molecule has 222 valence electrons. The Morgan fingerprint density at radius 1 is 0.738 bits per heavy atom. The van der Waals surface area contributed by atoms with E-state index in [1.54, 1.807) is 36.4 Å². The van der Waals surface area contributed by atoms with Gasteiger partial charge in [0.2, 0.25) is 0 Å². The van der Waals surface area contributed by atoms with E-state index in [0.29, 0.717) is 60.0 Å². The second kappa shape index (κ2) is 16.1. The number of aromatic nitrogens is 1. The highest BCUT2D eigenvalue weighted by atomic mass is 35.5. The van der Waals surface area contributed by atoms with E-state index in [0.717, 1.165) is 56.1 Å². The van der Waals surface area contributed by atoms with Crippen molar-refractivity contribution in [1.82, 2.24) is 4.98 Å². The number of pyridine rings is 1. The highest BCUT2D eigenvalue weighted by Gasteiger charge is 2.34. The number of carbonyl (C=O) groups is 3. The molecule has 8 heteroatoms. The Balaban J connectivity index is 1.29. The largest absolute Gasteiger partial charge is 0.465 e. The maximum atomic E-state index is 13.0. The predicted octanol–water partition coefficient (Wildman–Crippen LogP) is 7.54. The van der Waals surface area contributed by atoms with Crippen LogP contribution in [0.25, 0.3) is 0 Å². The summed E-state index contributed by atoms with van der Waals surface area (Å²) in [6.45, 7) is 0.691. The van der Waals surface area contributed by atoms with Gasteiger partial charge in [-0.15, -0.1) is 0 Å². The fourth-order valence-corrected chi connectivity index (χ4v) is 5.33. The SMILES string of the molecule is COC(=O)c1c(CCCCCOC(=O)c2ccccc2)nc(Cl)c(CCCCCOC(=O)c2ccccc2)c1C1CC1. The fourth-order valence-electron chi connectivity index (χ4n) is 5.03. The van der Waals surface area contributed by atoms with Crippen LogP contribution in [-0.2, 0) is 27.1 Å². The molecule has 1 aliphatic carbocycles. The summed E-state index contributed by atoms with van der Waals surface area (Å²) in [4.78, 5) is 41.9. The summed E-state index contributed by atoms with van der Waals surface area (Å²) in [5, 5.41) is 0.451. The van der Waals surface area contributed by atoms with Crippen LogP contribution >= 0.6 is 11.6 Å². The fraction of sp³-hybridized carbons (Fsp3) is 0.412. The maximum Gasteiger partial charge on any atom is 0.340 e. The second-order valence-electron chi connectivity index (χ2n) is 10.5. The zero-order chi connectivity index (χ0) is 29.7. The molecule has 0 bridgehead atoms. The first-order valence-electron chi connectivity index (χ1n) is 14.7. The summed E-state index contributed by atoms with van der Waals surface area (Å²) < 4.78 is 16.0. The first kappa shape index (κ1) is 31.2. The number of hydrogen-bond donors (Lipinski definition) is 0. The molecule has 2 aromatic carbocycles. The Morgan fingerprint density at radius 2 is 1.26 bits per heavy atom. The molecule has 0 radical (unpaired) electrons. The number of rotatable bonds is 16. The molecular weight excluding hydrogens is 554 g/mol. The van der Waals surface area contributed by atoms with Crippen molar-refractivity contribution in [1.29, 1.82) is 0 Å². The highest BCUT2D eigenvalue weighted by molar-refractivity contribution is 6.30. The smallest absolute Gasteiger partial charge is 0.340 e. The lowest BCUT2D eigenvalue weighted by molar-refractivity contribution is 0.0488. The number of esters is 3. The van der Waals surface area contributed by atoms with Crippen molar-refractivity contribution in [2.75, 3.05) is 20.3 Å². The van der Waals surface area contributed by atoms with Gasteiger partial charge in [0.05, 0.1) is 42.7 Å². The van der Waals surface area contributed by atoms with E-state index >= 15 is 0 Å². The molecule has 0 atom stereocenters. The average Bonchev–Trinajstić information content (AvgIpc) is 3.86. The Morgan fingerprint density at radius 3 is 1.76 bits per heavy atom. The first-order valence-corrected chi connectivity index (χ1v) is 15.1. The van der Waals surface area contributed by atoms with E-state index in [-0.39, 0.29) is 23.8 Å². The van der Waals surface area contributed by atoms with Crippen molar-refractivity contribution in [2.45, 2.75) is 70.1 Å². The molecule has 1 aliphatic rings. The molecule has 1 heterocycles. The minimum atomic E-state index is -0.373. The van der Waals surface area contributed by atoms with Gasteiger partial charge in [0.25, 0.3) is 0 Å². The van der Waals surface area contributed by atoms with Crippen LogP contribution in [0.3, 0.4) is 0 Å². The molecule has 3 aromatic rings. The van der Waals surface area contributed by atoms with Crippen LogP contribution in [0.4, 0.5) is 0 Å². The number of methoxy groups -OCH3 is 1. The van der Waals surface area contributed by atoms with Gasteiger partial charge in [0, 0.05) is 0 Å². The molecule has 0 spiro atoms. The van der Waals surface area contributed by atoms with Gasteiger partial charge in [-0.25, -0.2) is 19.4 Å². The van der Waals surface area contributed by atoms with E-state index in [1.807, 2.05) is 24.3 Å². The Labute approximate surface area is 252 Å². The van der Waals surface area contributed by atoms with Gasteiger partial charge in [0.15, 0.2) is 0 Å². The summed E-state index contributed by atoms with van der Waals surface area (Å²) in [5.41, 5.74) is 4.24. The minimum absolute atomic E-state index is 0.289. The highest BCUT2D eigenvalue weighted by Crippen LogP contribution is 2.46. The molecule has 4 rings (SSSR count). The molecule has 0 amide bonds. The van der Waals surface area contributed by atoms with Crippen molar-refractivity contribution in [2.24, 2.45) is 0 Å². The number of unbranched alkanes of at least 4 members (excludes halogenated alkanes) is 4. The van der Waals surface area contributed by atoms with Gasteiger partial charge >= 0.3 is 17.9 Å². The van der Waals surface area contributed by atoms with Crippen molar-refractivity contribution in [3.63, 3.8) is 0 Å². The van der Waals surface area contributed by atoms with Crippen LogP contribution in [0.5, 0.6) is 0 Å². The van der Waals surface area contributed by atoms with Gasteiger partial charge < -0.3 is 14.2 Å². The number of nitrogens with zero attached hydrogens (tertiary/aromatic N) is 1. The molecule has 1 fully saturated rings. The van der Waals surface area contributed by atoms with Crippen molar-refractivity contribution in [3.05, 3.63) is 99.3 Å². The van der Waals surface area contributed by atoms with E-state index in [2.05, 4.69) is 4.98 Å². The van der Waals surface area contributed by atoms with Crippen molar-refractivity contribution >= 4 is 29.5 Å². The first-order chi connectivity index (χ1) is 20.5. The van der Waals surface area contributed by atoms with Gasteiger partial charge in [-0.2, -0.15) is 0 Å². The third-order valence-corrected chi connectivity index (χ3v) is 7.67. The lowest BCUT2D eigenvalue weighted by atomic mass is 9.92. The quantitative estimate of drug-likeness (QED) is 0.0735. The molecule has 0 unspecified atom stereocenters. The number of ether oxygens (including phenoxy) is 3. The summed E-state index contributed by atoms with van der Waals surface area (Å²) >= 11 is 6.74. The Bertz CT molecular complexity index is 1340. The van der Waals surface area contributed by atoms with Gasteiger partial charge in [-0.05, 0) is 106 Å². The number of hydrogen-bond acceptors (Lipinski definition) is 7. The molecule has 1 aromatic heterocycles. The summed E-state index contributed by atoms with van der Waals surface area (Å²) in [6, 6.07) is 17.9. The molecule has 7 nitrogen and oxygen atoms in total. The van der Waals surface area contributed by atoms with E-state index in [1.165, 1.54) is 7.11 Å². The predicted molar refractivity (Wildman–Crippen MR) is 161 cm³/mol. The average molecular weight is 592 g/mol. The third-order valence-electron chi connectivity index (χ3n) is 7.35. The molecule has 0 N–H and O–H groups in total. The molecular formula is C34H38ClNO6. The summed E-state index contributed by atoms with van der Waals surface area (Å²) in [5.74, 6) is -0.722. The van der Waals surface area contributed by atoms with Crippen LogP contribution in [-0.4, -0.2) is 43.2 Å². The van der Waals surface area contributed by atoms with Gasteiger partial charge in [-0.3, -0.25) is 0 Å².